The van der Waals surface area contributed by atoms with Crippen molar-refractivity contribution in [3.05, 3.63) is 46.3 Å². The summed E-state index contributed by atoms with van der Waals surface area (Å²) < 4.78 is 0. The van der Waals surface area contributed by atoms with Crippen molar-refractivity contribution in [2.24, 2.45) is 0 Å². The topological polar surface area (TPSA) is 6.48 Å². The molecule has 2 nitrogen and oxygen atoms in total. The number of hydrogen-bond acceptors (Lipinski definition) is 4. The lowest BCUT2D eigenvalue weighted by Crippen LogP contribution is -2.51. The molecule has 0 aromatic rings. The van der Waals surface area contributed by atoms with Crippen LogP contribution >= 0.6 is 23.2 Å². The van der Waals surface area contributed by atoms with Gasteiger partial charge < -0.3 is 9.62 Å². The summed E-state index contributed by atoms with van der Waals surface area (Å²) in [6, 6.07) is 0.894. The Kier molecular flexibility index (Phi) is 6.15. The number of allylic oxidation sites excluding steroid dienone is 8. The zero-order chi connectivity index (χ0) is 14.5. The molecule has 2 aliphatic carbocycles. The monoisotopic (exact) mass is 304 g/mol. The molecular formula is C14H22B2N2S2. The lowest BCUT2D eigenvalue weighted by atomic mass is 9.50. The maximum absolute atomic E-state index is 2.34. The van der Waals surface area contributed by atoms with Gasteiger partial charge in [-0.2, -0.15) is 23.2 Å². The van der Waals surface area contributed by atoms with Gasteiger partial charge in [0.15, 0.2) is 0 Å². The average Bonchev–Trinajstić information content (AvgIpc) is 3.06. The van der Waals surface area contributed by atoms with E-state index in [0.717, 1.165) is 12.8 Å². The summed E-state index contributed by atoms with van der Waals surface area (Å²) >= 11 is 3.99. The third-order valence-corrected chi connectivity index (χ3v) is 6.51. The van der Waals surface area contributed by atoms with Crippen LogP contribution in [0.15, 0.2) is 46.3 Å². The molecular weight excluding hydrogens is 282 g/mol. The van der Waals surface area contributed by atoms with Crippen LogP contribution in [0, 0.1) is 0 Å². The molecule has 2 aliphatic rings. The summed E-state index contributed by atoms with van der Waals surface area (Å²) in [5.41, 5.74) is 0. The first kappa shape index (κ1) is 16.1. The smallest absolute Gasteiger partial charge is 0.293 e. The summed E-state index contributed by atoms with van der Waals surface area (Å²) in [5.74, 6) is 0. The van der Waals surface area contributed by atoms with Gasteiger partial charge in [0.25, 0.3) is 12.0 Å². The molecule has 0 spiro atoms. The van der Waals surface area contributed by atoms with Crippen molar-refractivity contribution in [2.45, 2.75) is 12.8 Å². The van der Waals surface area contributed by atoms with E-state index < -0.39 is 0 Å². The predicted octanol–water partition coefficient (Wildman–Crippen LogP) is 3.32. The van der Waals surface area contributed by atoms with Gasteiger partial charge in [0.05, 0.1) is 0 Å². The van der Waals surface area contributed by atoms with E-state index in [4.69, 9.17) is 0 Å². The lowest BCUT2D eigenvalue weighted by molar-refractivity contribution is 0.641. The van der Waals surface area contributed by atoms with Crippen molar-refractivity contribution < 1.29 is 0 Å². The van der Waals surface area contributed by atoms with Gasteiger partial charge in [-0.05, 0) is 50.8 Å². The van der Waals surface area contributed by atoms with Crippen molar-refractivity contribution in [1.29, 1.82) is 0 Å². The molecule has 20 heavy (non-hydrogen) atoms. The molecule has 0 amide bonds. The third kappa shape index (κ3) is 4.35. The summed E-state index contributed by atoms with van der Waals surface area (Å²) in [4.78, 5) is 7.61. The van der Waals surface area contributed by atoms with Gasteiger partial charge in [-0.15, -0.1) is 0 Å². The SMILES string of the molecule is CN(C)B(SC1=CC=CC1)B(SC1=CC=CC1)N(C)C. The molecule has 0 heterocycles. The Labute approximate surface area is 132 Å². The second-order valence-electron chi connectivity index (χ2n) is 5.47. The molecule has 0 fully saturated rings. The predicted molar refractivity (Wildman–Crippen MR) is 97.7 cm³/mol. The molecule has 0 aromatic heterocycles. The fourth-order valence-corrected chi connectivity index (χ4v) is 4.97. The molecule has 0 bridgehead atoms. The van der Waals surface area contributed by atoms with Gasteiger partial charge in [0.1, 0.15) is 0 Å². The van der Waals surface area contributed by atoms with Gasteiger partial charge in [0, 0.05) is 0 Å². The minimum Gasteiger partial charge on any atom is -0.342 e. The summed E-state index contributed by atoms with van der Waals surface area (Å²) in [6.45, 7) is 0. The van der Waals surface area contributed by atoms with Crippen molar-refractivity contribution in [3.63, 3.8) is 0 Å². The highest BCUT2D eigenvalue weighted by molar-refractivity contribution is 8.46. The standard InChI is InChI=1S/C14H22B2N2S2/c1-17(2)15(19-13-9-5-6-10-13)16(18(3)4)20-14-11-7-8-12-14/h5-9,11H,10,12H2,1-4H3. The lowest BCUT2D eigenvalue weighted by Gasteiger charge is -2.30. The fourth-order valence-electron chi connectivity index (χ4n) is 2.18. The van der Waals surface area contributed by atoms with E-state index in [2.05, 4.69) is 74.3 Å². The van der Waals surface area contributed by atoms with Crippen molar-refractivity contribution in [1.82, 2.24) is 9.62 Å². The van der Waals surface area contributed by atoms with Crippen LogP contribution in [0.2, 0.25) is 0 Å². The fraction of sp³-hybridized carbons (Fsp3) is 0.429. The average molecular weight is 304 g/mol. The third-order valence-electron chi connectivity index (χ3n) is 3.28. The van der Waals surface area contributed by atoms with Crippen LogP contribution in [-0.4, -0.2) is 49.8 Å². The number of rotatable bonds is 7. The second-order valence-corrected chi connectivity index (χ2v) is 7.96. The van der Waals surface area contributed by atoms with E-state index in [9.17, 15) is 0 Å². The number of nitrogens with zero attached hydrogens (tertiary/aromatic N) is 2. The quantitative estimate of drug-likeness (QED) is 0.665. The highest BCUT2D eigenvalue weighted by atomic mass is 32.2. The summed E-state index contributed by atoms with van der Waals surface area (Å²) in [7, 11) is 8.72. The van der Waals surface area contributed by atoms with Crippen molar-refractivity contribution in [2.75, 3.05) is 28.2 Å². The van der Waals surface area contributed by atoms with Crippen LogP contribution in [0.1, 0.15) is 12.8 Å². The minimum absolute atomic E-state index is 0.447. The normalized spacial score (nSPS) is 17.1. The Balaban J connectivity index is 2.05. The van der Waals surface area contributed by atoms with Gasteiger partial charge in [-0.1, -0.05) is 36.5 Å². The van der Waals surface area contributed by atoms with E-state index in [1.165, 1.54) is 9.81 Å². The number of hydrogen-bond donors (Lipinski definition) is 0. The van der Waals surface area contributed by atoms with Gasteiger partial charge in [0.2, 0.25) is 0 Å². The molecule has 0 radical (unpaired) electrons. The summed E-state index contributed by atoms with van der Waals surface area (Å²) in [5, 5.41) is 0. The Bertz CT molecular complexity index is 414. The Morgan fingerprint density at radius 2 is 1.20 bits per heavy atom. The zero-order valence-corrected chi connectivity index (χ0v) is 14.4. The van der Waals surface area contributed by atoms with Crippen molar-refractivity contribution in [3.8, 4) is 0 Å². The van der Waals surface area contributed by atoms with E-state index in [1.807, 2.05) is 23.2 Å². The molecule has 2 rings (SSSR count). The molecule has 6 heteroatoms. The Hall–Kier alpha value is -0.290. The van der Waals surface area contributed by atoms with E-state index in [1.54, 1.807) is 0 Å². The molecule has 0 unspecified atom stereocenters. The maximum atomic E-state index is 2.34. The van der Waals surface area contributed by atoms with Gasteiger partial charge >= 0.3 is 0 Å². The zero-order valence-electron chi connectivity index (χ0n) is 12.7. The minimum atomic E-state index is 0.447. The molecule has 0 aliphatic heterocycles. The van der Waals surface area contributed by atoms with Crippen LogP contribution in [0.4, 0.5) is 0 Å². The maximum Gasteiger partial charge on any atom is 0.293 e. The second kappa shape index (κ2) is 7.64. The van der Waals surface area contributed by atoms with Crippen LogP contribution in [-0.2, 0) is 0 Å². The highest BCUT2D eigenvalue weighted by Gasteiger charge is 2.37. The first-order valence-corrected chi connectivity index (χ1v) is 8.71. The van der Waals surface area contributed by atoms with Crippen LogP contribution in [0.25, 0.3) is 0 Å². The molecule has 106 valence electrons. The molecule has 0 N–H and O–H groups in total. The first-order chi connectivity index (χ1) is 9.58. The van der Waals surface area contributed by atoms with Crippen molar-refractivity contribution >= 4 is 35.3 Å². The van der Waals surface area contributed by atoms with E-state index in [-0.39, 0.29) is 0 Å². The van der Waals surface area contributed by atoms with Crippen LogP contribution in [0.5, 0.6) is 0 Å². The van der Waals surface area contributed by atoms with Crippen LogP contribution in [0.3, 0.4) is 0 Å². The summed E-state index contributed by atoms with van der Waals surface area (Å²) in [6.07, 6.45) is 15.5. The molecule has 0 atom stereocenters. The molecule has 0 saturated carbocycles. The highest BCUT2D eigenvalue weighted by Crippen LogP contribution is 2.35. The van der Waals surface area contributed by atoms with Crippen LogP contribution < -0.4 is 0 Å². The Morgan fingerprint density at radius 1 is 0.800 bits per heavy atom. The Morgan fingerprint density at radius 3 is 1.45 bits per heavy atom. The largest absolute Gasteiger partial charge is 0.342 e. The van der Waals surface area contributed by atoms with E-state index >= 15 is 0 Å². The van der Waals surface area contributed by atoms with E-state index in [0.29, 0.717) is 12.0 Å². The molecule has 0 saturated heterocycles. The molecule has 0 aromatic carbocycles. The van der Waals surface area contributed by atoms with Gasteiger partial charge in [-0.25, -0.2) is 0 Å². The first-order valence-electron chi connectivity index (χ1n) is 6.95. The van der Waals surface area contributed by atoms with Gasteiger partial charge in [-0.3, -0.25) is 0 Å².